The van der Waals surface area contributed by atoms with Crippen molar-refractivity contribution < 1.29 is 18.3 Å². The van der Waals surface area contributed by atoms with Crippen molar-refractivity contribution in [2.75, 3.05) is 7.05 Å². The fourth-order valence-electron chi connectivity index (χ4n) is 1.62. The Morgan fingerprint density at radius 3 is 2.50 bits per heavy atom. The Hall–Kier alpha value is -1.41. The molecule has 0 fully saturated rings. The second-order valence-corrected chi connectivity index (χ2v) is 7.83. The summed E-state index contributed by atoms with van der Waals surface area (Å²) in [5.41, 5.74) is -0.209. The van der Waals surface area contributed by atoms with Crippen molar-refractivity contribution in [3.63, 3.8) is 0 Å². The molecule has 0 radical (unpaired) electrons. The molecule has 1 unspecified atom stereocenters. The summed E-state index contributed by atoms with van der Waals surface area (Å²) in [6, 6.07) is -0.213. The molecule has 0 saturated carbocycles. The molecule has 0 spiro atoms. The summed E-state index contributed by atoms with van der Waals surface area (Å²) in [7, 11) is -2.17. The van der Waals surface area contributed by atoms with E-state index in [2.05, 4.69) is 5.10 Å². The Morgan fingerprint density at radius 2 is 2.05 bits per heavy atom. The molecule has 7 nitrogen and oxygen atoms in total. The van der Waals surface area contributed by atoms with Crippen molar-refractivity contribution in [2.45, 2.75) is 45.2 Å². The highest BCUT2D eigenvalue weighted by atomic mass is 32.2. The summed E-state index contributed by atoms with van der Waals surface area (Å²) >= 11 is 0. The van der Waals surface area contributed by atoms with E-state index in [0.717, 1.165) is 4.68 Å². The van der Waals surface area contributed by atoms with Crippen LogP contribution in [0.15, 0.2) is 17.3 Å². The Balaban J connectivity index is 3.05. The molecule has 1 atom stereocenters. The molecule has 1 aromatic rings. The number of carboxylic acids is 1. The Morgan fingerprint density at radius 1 is 1.50 bits per heavy atom. The number of carbonyl (C=O) groups is 1. The van der Waals surface area contributed by atoms with Gasteiger partial charge < -0.3 is 5.11 Å². The third-order valence-corrected chi connectivity index (χ3v) is 5.26. The van der Waals surface area contributed by atoms with Crippen LogP contribution in [-0.2, 0) is 21.4 Å². The first-order valence-corrected chi connectivity index (χ1v) is 7.62. The first-order chi connectivity index (χ1) is 8.96. The number of hydrogen-bond donors (Lipinski definition) is 1. The second kappa shape index (κ2) is 5.53. The van der Waals surface area contributed by atoms with Gasteiger partial charge in [0.2, 0.25) is 10.0 Å². The van der Waals surface area contributed by atoms with Crippen molar-refractivity contribution in [1.29, 1.82) is 0 Å². The maximum atomic E-state index is 12.4. The number of sulfonamides is 1. The van der Waals surface area contributed by atoms with E-state index in [1.165, 1.54) is 23.7 Å². The number of aliphatic carboxylic acids is 1. The smallest absolute Gasteiger partial charge is 0.325 e. The highest BCUT2D eigenvalue weighted by Crippen LogP contribution is 2.27. The van der Waals surface area contributed by atoms with E-state index in [9.17, 15) is 13.2 Å². The van der Waals surface area contributed by atoms with Crippen LogP contribution in [0.25, 0.3) is 0 Å². The maximum absolute atomic E-state index is 12.4. The Labute approximate surface area is 119 Å². The minimum Gasteiger partial charge on any atom is -0.480 e. The van der Waals surface area contributed by atoms with E-state index < -0.39 is 16.0 Å². The largest absolute Gasteiger partial charge is 0.480 e. The summed E-state index contributed by atoms with van der Waals surface area (Å²) in [5.74, 6) is -1.08. The van der Waals surface area contributed by atoms with Crippen molar-refractivity contribution in [3.8, 4) is 0 Å². The Bertz CT molecular complexity index is 586. The third-order valence-electron chi connectivity index (χ3n) is 3.38. The lowest BCUT2D eigenvalue weighted by atomic mass is 9.88. The zero-order chi connectivity index (χ0) is 15.7. The molecule has 1 aromatic heterocycles. The van der Waals surface area contributed by atoms with E-state index in [-0.39, 0.29) is 22.9 Å². The van der Waals surface area contributed by atoms with Gasteiger partial charge in [-0.25, -0.2) is 8.42 Å². The van der Waals surface area contributed by atoms with E-state index in [1.807, 2.05) is 27.7 Å². The summed E-state index contributed by atoms with van der Waals surface area (Å²) in [4.78, 5) is 10.6. The number of nitrogens with zero attached hydrogens (tertiary/aromatic N) is 3. The highest BCUT2D eigenvalue weighted by Gasteiger charge is 2.33. The second-order valence-electron chi connectivity index (χ2n) is 5.83. The number of aromatic nitrogens is 2. The van der Waals surface area contributed by atoms with Crippen LogP contribution in [0.2, 0.25) is 0 Å². The van der Waals surface area contributed by atoms with Crippen LogP contribution in [0, 0.1) is 5.41 Å². The van der Waals surface area contributed by atoms with Crippen molar-refractivity contribution in [1.82, 2.24) is 14.1 Å². The molecular weight excluding hydrogens is 282 g/mol. The average molecular weight is 303 g/mol. The topological polar surface area (TPSA) is 92.5 Å². The predicted molar refractivity (Wildman–Crippen MR) is 73.7 cm³/mol. The molecule has 0 aliphatic rings. The lowest BCUT2D eigenvalue weighted by Gasteiger charge is -2.34. The van der Waals surface area contributed by atoms with Gasteiger partial charge in [-0.15, -0.1) is 0 Å². The van der Waals surface area contributed by atoms with Crippen LogP contribution in [0.4, 0.5) is 0 Å². The zero-order valence-electron chi connectivity index (χ0n) is 12.4. The van der Waals surface area contributed by atoms with Crippen molar-refractivity contribution in [2.24, 2.45) is 5.41 Å². The molecule has 0 amide bonds. The molecule has 8 heteroatoms. The monoisotopic (exact) mass is 303 g/mol. The molecule has 0 saturated heterocycles. The number of rotatable bonds is 5. The summed E-state index contributed by atoms with van der Waals surface area (Å²) in [5, 5.41) is 12.4. The quantitative estimate of drug-likeness (QED) is 0.876. The van der Waals surface area contributed by atoms with Gasteiger partial charge in [0.25, 0.3) is 0 Å². The zero-order valence-corrected chi connectivity index (χ0v) is 13.2. The fourth-order valence-corrected chi connectivity index (χ4v) is 3.12. The van der Waals surface area contributed by atoms with Crippen molar-refractivity contribution >= 4 is 16.0 Å². The number of hydrogen-bond acceptors (Lipinski definition) is 4. The van der Waals surface area contributed by atoms with Gasteiger partial charge in [-0.2, -0.15) is 9.40 Å². The third kappa shape index (κ3) is 3.57. The predicted octanol–water partition coefficient (Wildman–Crippen LogP) is 1.02. The van der Waals surface area contributed by atoms with E-state index in [1.54, 1.807) is 0 Å². The van der Waals surface area contributed by atoms with Crippen LogP contribution >= 0.6 is 0 Å². The lowest BCUT2D eigenvalue weighted by molar-refractivity contribution is -0.137. The van der Waals surface area contributed by atoms with Gasteiger partial charge in [0, 0.05) is 19.3 Å². The average Bonchev–Trinajstić information content (AvgIpc) is 2.73. The normalized spacial score (nSPS) is 14.5. The van der Waals surface area contributed by atoms with Gasteiger partial charge in [-0.3, -0.25) is 9.48 Å². The molecule has 0 aliphatic carbocycles. The summed E-state index contributed by atoms with van der Waals surface area (Å²) in [6.07, 6.45) is 2.40. The minimum absolute atomic E-state index is 0.00245. The van der Waals surface area contributed by atoms with Gasteiger partial charge >= 0.3 is 5.97 Å². The lowest BCUT2D eigenvalue weighted by Crippen LogP contribution is -2.42. The van der Waals surface area contributed by atoms with Crippen LogP contribution in [0.3, 0.4) is 0 Å². The first kappa shape index (κ1) is 16.6. The summed E-state index contributed by atoms with van der Waals surface area (Å²) < 4.78 is 27.3. The standard InChI is InChI=1S/C12H21N3O4S/c1-9(12(2,3)4)14(5)20(18,19)10-6-13-15(7-10)8-11(16)17/h6-7,9H,8H2,1-5H3,(H,16,17). The van der Waals surface area contributed by atoms with Gasteiger partial charge in [0.15, 0.2) is 0 Å². The van der Waals surface area contributed by atoms with E-state index in [0.29, 0.717) is 0 Å². The van der Waals surface area contributed by atoms with E-state index in [4.69, 9.17) is 5.11 Å². The fraction of sp³-hybridized carbons (Fsp3) is 0.667. The molecule has 0 aromatic carbocycles. The molecule has 1 rings (SSSR count). The molecule has 1 heterocycles. The molecule has 0 aliphatic heterocycles. The molecule has 0 bridgehead atoms. The molecule has 114 valence electrons. The maximum Gasteiger partial charge on any atom is 0.325 e. The highest BCUT2D eigenvalue weighted by molar-refractivity contribution is 7.89. The van der Waals surface area contributed by atoms with Crippen LogP contribution in [0.5, 0.6) is 0 Å². The van der Waals surface area contributed by atoms with E-state index >= 15 is 0 Å². The number of carboxylic acid groups (broad SMARTS) is 1. The SMILES string of the molecule is CC(N(C)S(=O)(=O)c1cnn(CC(=O)O)c1)C(C)(C)C. The summed E-state index contributed by atoms with van der Waals surface area (Å²) in [6.45, 7) is 7.33. The van der Waals surface area contributed by atoms with Gasteiger partial charge in [-0.05, 0) is 12.3 Å². The van der Waals surface area contributed by atoms with Crippen LogP contribution in [0.1, 0.15) is 27.7 Å². The molecular formula is C12H21N3O4S. The van der Waals surface area contributed by atoms with Gasteiger partial charge in [0.1, 0.15) is 11.4 Å². The molecule has 20 heavy (non-hydrogen) atoms. The van der Waals surface area contributed by atoms with Gasteiger partial charge in [0.05, 0.1) is 6.20 Å². The van der Waals surface area contributed by atoms with Crippen LogP contribution < -0.4 is 0 Å². The van der Waals surface area contributed by atoms with Crippen LogP contribution in [-0.4, -0.2) is 46.7 Å². The van der Waals surface area contributed by atoms with Gasteiger partial charge in [-0.1, -0.05) is 20.8 Å². The Kier molecular flexibility index (Phi) is 4.60. The van der Waals surface area contributed by atoms with Crippen molar-refractivity contribution in [3.05, 3.63) is 12.4 Å². The molecule has 1 N–H and O–H groups in total. The first-order valence-electron chi connectivity index (χ1n) is 6.18. The minimum atomic E-state index is -3.68.